The lowest BCUT2D eigenvalue weighted by Crippen LogP contribution is -2.50. The number of rotatable bonds is 5. The van der Waals surface area contributed by atoms with Crippen molar-refractivity contribution in [3.05, 3.63) is 36.1 Å². The third-order valence-corrected chi connectivity index (χ3v) is 6.78. The number of anilines is 1. The Kier molecular flexibility index (Phi) is 6.77. The molecule has 1 aliphatic carbocycles. The van der Waals surface area contributed by atoms with Gasteiger partial charge in [0.2, 0.25) is 6.29 Å². The summed E-state index contributed by atoms with van der Waals surface area (Å²) in [6.45, 7) is 7.19. The monoisotopic (exact) mass is 444 g/mol. The van der Waals surface area contributed by atoms with Gasteiger partial charge in [-0.2, -0.15) is 0 Å². The van der Waals surface area contributed by atoms with Crippen LogP contribution in [0.2, 0.25) is 0 Å². The number of esters is 1. The Hall–Kier alpha value is -2.90. The highest BCUT2D eigenvalue weighted by atomic mass is 16.7. The number of carbonyl (C=O) groups is 2. The number of amides is 1. The second kappa shape index (κ2) is 9.71. The Labute approximate surface area is 189 Å². The summed E-state index contributed by atoms with van der Waals surface area (Å²) in [7, 11) is 1.37. The zero-order valence-electron chi connectivity index (χ0n) is 19.0. The van der Waals surface area contributed by atoms with Gasteiger partial charge < -0.3 is 28.7 Å². The third-order valence-electron chi connectivity index (χ3n) is 6.78. The smallest absolute Gasteiger partial charge is 0.412 e. The van der Waals surface area contributed by atoms with Gasteiger partial charge in [0.25, 0.3) is 0 Å². The highest BCUT2D eigenvalue weighted by molar-refractivity contribution is 5.89. The van der Waals surface area contributed by atoms with Crippen molar-refractivity contribution in [1.29, 1.82) is 0 Å². The SMILES string of the molecule is CCOc1ccccc1N1CCN(C(=O)OC2OC=C(C(=O)OC)C3CCC(C)C23)CC1. The van der Waals surface area contributed by atoms with E-state index in [1.54, 1.807) is 4.90 Å². The molecule has 0 spiro atoms. The fourth-order valence-electron chi connectivity index (χ4n) is 5.09. The molecule has 4 unspecified atom stereocenters. The fraction of sp³-hybridized carbons (Fsp3) is 0.583. The Morgan fingerprint density at radius 2 is 1.88 bits per heavy atom. The molecule has 0 N–H and O–H groups in total. The number of hydrogen-bond donors (Lipinski definition) is 0. The molecule has 0 radical (unpaired) electrons. The number of fused-ring (bicyclic) bond motifs is 1. The highest BCUT2D eigenvalue weighted by Crippen LogP contribution is 2.47. The number of ether oxygens (including phenoxy) is 4. The second-order valence-electron chi connectivity index (χ2n) is 8.57. The maximum absolute atomic E-state index is 12.9. The van der Waals surface area contributed by atoms with Crippen molar-refractivity contribution in [2.45, 2.75) is 33.0 Å². The molecule has 2 heterocycles. The first-order valence-electron chi connectivity index (χ1n) is 11.4. The molecule has 32 heavy (non-hydrogen) atoms. The van der Waals surface area contributed by atoms with Crippen LogP contribution in [-0.2, 0) is 19.0 Å². The van der Waals surface area contributed by atoms with E-state index >= 15 is 0 Å². The first-order chi connectivity index (χ1) is 15.5. The quantitative estimate of drug-likeness (QED) is 0.644. The van der Waals surface area contributed by atoms with Gasteiger partial charge in [-0.1, -0.05) is 19.1 Å². The molecule has 4 rings (SSSR count). The molecule has 0 aromatic heterocycles. The molecule has 1 saturated heterocycles. The van der Waals surface area contributed by atoms with Crippen LogP contribution in [0, 0.1) is 17.8 Å². The van der Waals surface area contributed by atoms with E-state index in [1.807, 2.05) is 31.2 Å². The number of carbonyl (C=O) groups excluding carboxylic acids is 2. The number of hydrogen-bond acceptors (Lipinski definition) is 7. The summed E-state index contributed by atoms with van der Waals surface area (Å²) in [5.74, 6) is 0.727. The molecule has 3 aliphatic rings. The molecule has 0 bridgehead atoms. The molecule has 2 fully saturated rings. The van der Waals surface area contributed by atoms with E-state index in [2.05, 4.69) is 11.8 Å². The Bertz CT molecular complexity index is 864. The Morgan fingerprint density at radius 3 is 2.59 bits per heavy atom. The topological polar surface area (TPSA) is 77.5 Å². The van der Waals surface area contributed by atoms with Crippen molar-refractivity contribution < 1.29 is 28.5 Å². The zero-order valence-corrected chi connectivity index (χ0v) is 19.0. The van der Waals surface area contributed by atoms with Gasteiger partial charge in [0.1, 0.15) is 5.75 Å². The Balaban J connectivity index is 1.37. The molecular weight excluding hydrogens is 412 g/mol. The molecule has 1 aromatic rings. The summed E-state index contributed by atoms with van der Waals surface area (Å²) in [6.07, 6.45) is 2.18. The maximum Gasteiger partial charge on any atom is 0.412 e. The molecule has 1 aromatic carbocycles. The van der Waals surface area contributed by atoms with E-state index in [0.717, 1.165) is 24.3 Å². The van der Waals surface area contributed by atoms with Crippen LogP contribution in [0.15, 0.2) is 36.1 Å². The van der Waals surface area contributed by atoms with Gasteiger partial charge in [0, 0.05) is 38.0 Å². The minimum Gasteiger partial charge on any atom is -0.492 e. The highest BCUT2D eigenvalue weighted by Gasteiger charge is 2.48. The van der Waals surface area contributed by atoms with Gasteiger partial charge in [0.15, 0.2) is 0 Å². The van der Waals surface area contributed by atoms with Crippen LogP contribution < -0.4 is 9.64 Å². The zero-order chi connectivity index (χ0) is 22.7. The average Bonchev–Trinajstić information content (AvgIpc) is 3.21. The van der Waals surface area contributed by atoms with Crippen LogP contribution in [0.25, 0.3) is 0 Å². The molecule has 8 nitrogen and oxygen atoms in total. The van der Waals surface area contributed by atoms with E-state index in [9.17, 15) is 9.59 Å². The van der Waals surface area contributed by atoms with Crippen LogP contribution in [-0.4, -0.2) is 63.1 Å². The van der Waals surface area contributed by atoms with Gasteiger partial charge in [-0.15, -0.1) is 0 Å². The number of nitrogens with zero attached hydrogens (tertiary/aromatic N) is 2. The average molecular weight is 445 g/mol. The summed E-state index contributed by atoms with van der Waals surface area (Å²) >= 11 is 0. The molecular formula is C24H32N2O6. The molecule has 8 heteroatoms. The fourth-order valence-corrected chi connectivity index (χ4v) is 5.09. The molecule has 1 amide bonds. The van der Waals surface area contributed by atoms with Crippen LogP contribution in [0.3, 0.4) is 0 Å². The summed E-state index contributed by atoms with van der Waals surface area (Å²) in [5, 5.41) is 0. The van der Waals surface area contributed by atoms with Crippen molar-refractivity contribution in [2.75, 3.05) is 44.8 Å². The molecule has 1 saturated carbocycles. The minimum absolute atomic E-state index is 0.00378. The van der Waals surface area contributed by atoms with E-state index in [1.165, 1.54) is 13.4 Å². The predicted octanol–water partition coefficient (Wildman–Crippen LogP) is 3.42. The lowest BCUT2D eigenvalue weighted by atomic mass is 9.83. The van der Waals surface area contributed by atoms with E-state index < -0.39 is 6.29 Å². The van der Waals surface area contributed by atoms with Gasteiger partial charge >= 0.3 is 12.1 Å². The lowest BCUT2D eigenvalue weighted by Gasteiger charge is -2.38. The van der Waals surface area contributed by atoms with E-state index in [4.69, 9.17) is 18.9 Å². The summed E-state index contributed by atoms with van der Waals surface area (Å²) in [5.41, 5.74) is 1.58. The minimum atomic E-state index is -0.685. The van der Waals surface area contributed by atoms with Crippen LogP contribution in [0.4, 0.5) is 10.5 Å². The third kappa shape index (κ3) is 4.36. The maximum atomic E-state index is 12.9. The van der Waals surface area contributed by atoms with E-state index in [0.29, 0.717) is 38.4 Å². The van der Waals surface area contributed by atoms with E-state index in [-0.39, 0.29) is 29.8 Å². The van der Waals surface area contributed by atoms with Crippen LogP contribution in [0.1, 0.15) is 26.7 Å². The van der Waals surface area contributed by atoms with Crippen LogP contribution >= 0.6 is 0 Å². The molecule has 2 aliphatic heterocycles. The van der Waals surface area contributed by atoms with Crippen LogP contribution in [0.5, 0.6) is 5.75 Å². The van der Waals surface area contributed by atoms with Crippen molar-refractivity contribution >= 4 is 17.7 Å². The first kappa shape index (κ1) is 22.3. The van der Waals surface area contributed by atoms with Crippen molar-refractivity contribution in [3.8, 4) is 5.75 Å². The largest absolute Gasteiger partial charge is 0.492 e. The van der Waals surface area contributed by atoms with Gasteiger partial charge in [-0.05, 0) is 37.8 Å². The Morgan fingerprint density at radius 1 is 1.12 bits per heavy atom. The number of piperazine rings is 1. The standard InChI is InChI=1S/C24H32N2O6/c1-4-30-20-8-6-5-7-19(20)25-11-13-26(14-12-25)24(28)32-23-21-16(2)9-10-17(21)18(15-31-23)22(27)29-3/h5-8,15-17,21,23H,4,9-14H2,1-3H3. The summed E-state index contributed by atoms with van der Waals surface area (Å²) < 4.78 is 22.2. The number of para-hydroxylation sites is 2. The lowest BCUT2D eigenvalue weighted by molar-refractivity contribution is -0.147. The summed E-state index contributed by atoms with van der Waals surface area (Å²) in [6, 6.07) is 7.97. The van der Waals surface area contributed by atoms with Gasteiger partial charge in [-0.3, -0.25) is 0 Å². The first-order valence-corrected chi connectivity index (χ1v) is 11.4. The van der Waals surface area contributed by atoms with Crippen molar-refractivity contribution in [3.63, 3.8) is 0 Å². The summed E-state index contributed by atoms with van der Waals surface area (Å²) in [4.78, 5) is 29.0. The molecule has 4 atom stereocenters. The second-order valence-corrected chi connectivity index (χ2v) is 8.57. The van der Waals surface area contributed by atoms with Crippen molar-refractivity contribution in [1.82, 2.24) is 4.90 Å². The van der Waals surface area contributed by atoms with Crippen molar-refractivity contribution in [2.24, 2.45) is 17.8 Å². The van der Waals surface area contributed by atoms with Gasteiger partial charge in [0.05, 0.1) is 31.2 Å². The normalized spacial score (nSPS) is 27.2. The molecule has 174 valence electrons. The number of benzene rings is 1. The predicted molar refractivity (Wildman–Crippen MR) is 118 cm³/mol. The number of methoxy groups -OCH3 is 1. The van der Waals surface area contributed by atoms with Gasteiger partial charge in [-0.25, -0.2) is 9.59 Å².